The maximum Gasteiger partial charge on any atom is -0.0288 e. The van der Waals surface area contributed by atoms with Crippen LogP contribution in [0.15, 0.2) is 23.3 Å². The Balaban J connectivity index is 3.61. The lowest BCUT2D eigenvalue weighted by atomic mass is 10.0. The normalized spacial score (nSPS) is 13.7. The van der Waals surface area contributed by atoms with E-state index < -0.39 is 0 Å². The van der Waals surface area contributed by atoms with E-state index >= 15 is 0 Å². The summed E-state index contributed by atoms with van der Waals surface area (Å²) in [5.41, 5.74) is 3.07. The lowest BCUT2D eigenvalue weighted by molar-refractivity contribution is 0.554. The van der Waals surface area contributed by atoms with Gasteiger partial charge < -0.3 is 0 Å². The van der Waals surface area contributed by atoms with Gasteiger partial charge in [0.25, 0.3) is 0 Å². The van der Waals surface area contributed by atoms with E-state index in [9.17, 15) is 0 Å². The van der Waals surface area contributed by atoms with Crippen LogP contribution in [0.2, 0.25) is 0 Å². The van der Waals surface area contributed by atoms with Crippen molar-refractivity contribution in [2.24, 2.45) is 5.92 Å². The van der Waals surface area contributed by atoms with Crippen LogP contribution in [-0.4, -0.2) is 0 Å². The summed E-state index contributed by atoms with van der Waals surface area (Å²) >= 11 is 0. The minimum absolute atomic E-state index is 0.850. The molecule has 0 saturated heterocycles. The van der Waals surface area contributed by atoms with Crippen molar-refractivity contribution in [1.82, 2.24) is 0 Å². The highest BCUT2D eigenvalue weighted by Crippen LogP contribution is 2.13. The minimum Gasteiger partial charge on any atom is -0.0887 e. The standard InChI is InChI=1S/C15H28/c1-6-14(4)10-8-12-15(5)11-7-9-13(2)3/h6,12-13H,7-11H2,1-5H3/b14-6+,15-12+. The van der Waals surface area contributed by atoms with E-state index in [0.29, 0.717) is 0 Å². The molecular formula is C15H28. The van der Waals surface area contributed by atoms with Gasteiger partial charge in [-0.25, -0.2) is 0 Å². The lowest BCUT2D eigenvalue weighted by Crippen LogP contribution is -1.87. The van der Waals surface area contributed by atoms with Gasteiger partial charge in [-0.1, -0.05) is 43.6 Å². The summed E-state index contributed by atoms with van der Waals surface area (Å²) in [5, 5.41) is 0. The van der Waals surface area contributed by atoms with Gasteiger partial charge in [-0.15, -0.1) is 0 Å². The third-order valence-electron chi connectivity index (χ3n) is 2.88. The molecule has 15 heavy (non-hydrogen) atoms. The average Bonchev–Trinajstić information content (AvgIpc) is 2.17. The number of hydrogen-bond acceptors (Lipinski definition) is 0. The monoisotopic (exact) mass is 208 g/mol. The summed E-state index contributed by atoms with van der Waals surface area (Å²) in [6, 6.07) is 0. The molecule has 0 rings (SSSR count). The summed E-state index contributed by atoms with van der Waals surface area (Å²) in [7, 11) is 0. The van der Waals surface area contributed by atoms with Crippen molar-refractivity contribution in [3.8, 4) is 0 Å². The van der Waals surface area contributed by atoms with Gasteiger partial charge in [0.05, 0.1) is 0 Å². The number of allylic oxidation sites excluding steroid dienone is 4. The van der Waals surface area contributed by atoms with Crippen LogP contribution in [-0.2, 0) is 0 Å². The second-order valence-corrected chi connectivity index (χ2v) is 5.01. The van der Waals surface area contributed by atoms with Crippen molar-refractivity contribution < 1.29 is 0 Å². The van der Waals surface area contributed by atoms with Gasteiger partial charge in [-0.05, 0) is 52.4 Å². The molecule has 0 unspecified atom stereocenters. The first-order chi connectivity index (χ1) is 7.06. The molecule has 0 aliphatic carbocycles. The fraction of sp³-hybridized carbons (Fsp3) is 0.733. The maximum absolute atomic E-state index is 2.41. The second-order valence-electron chi connectivity index (χ2n) is 5.01. The van der Waals surface area contributed by atoms with Gasteiger partial charge in [0, 0.05) is 0 Å². The molecule has 0 N–H and O–H groups in total. The van der Waals surface area contributed by atoms with Crippen LogP contribution in [0.3, 0.4) is 0 Å². The van der Waals surface area contributed by atoms with Crippen molar-refractivity contribution in [3.63, 3.8) is 0 Å². The zero-order valence-corrected chi connectivity index (χ0v) is 11.3. The molecular weight excluding hydrogens is 180 g/mol. The Morgan fingerprint density at radius 3 is 2.27 bits per heavy atom. The Morgan fingerprint density at radius 1 is 1.07 bits per heavy atom. The van der Waals surface area contributed by atoms with Gasteiger partial charge in [-0.2, -0.15) is 0 Å². The Bertz CT molecular complexity index is 206. The van der Waals surface area contributed by atoms with E-state index in [1.54, 1.807) is 5.57 Å². The van der Waals surface area contributed by atoms with Gasteiger partial charge in [0.1, 0.15) is 0 Å². The molecule has 0 radical (unpaired) electrons. The molecule has 0 saturated carbocycles. The highest BCUT2D eigenvalue weighted by molar-refractivity contribution is 5.02. The van der Waals surface area contributed by atoms with Crippen molar-refractivity contribution in [1.29, 1.82) is 0 Å². The molecule has 0 aromatic carbocycles. The summed E-state index contributed by atoms with van der Waals surface area (Å²) < 4.78 is 0. The first-order valence-corrected chi connectivity index (χ1v) is 6.33. The van der Waals surface area contributed by atoms with Crippen LogP contribution in [0.5, 0.6) is 0 Å². The zero-order valence-electron chi connectivity index (χ0n) is 11.3. The molecule has 0 atom stereocenters. The summed E-state index contributed by atoms with van der Waals surface area (Å²) in [5.74, 6) is 0.850. The fourth-order valence-electron chi connectivity index (χ4n) is 1.58. The van der Waals surface area contributed by atoms with Crippen molar-refractivity contribution >= 4 is 0 Å². The average molecular weight is 208 g/mol. The van der Waals surface area contributed by atoms with Gasteiger partial charge >= 0.3 is 0 Å². The predicted octanol–water partition coefficient (Wildman–Crippen LogP) is 5.51. The van der Waals surface area contributed by atoms with Crippen molar-refractivity contribution in [3.05, 3.63) is 23.3 Å². The lowest BCUT2D eigenvalue weighted by Gasteiger charge is -2.04. The molecule has 0 aliphatic heterocycles. The fourth-order valence-corrected chi connectivity index (χ4v) is 1.58. The minimum atomic E-state index is 0.850. The van der Waals surface area contributed by atoms with Crippen molar-refractivity contribution in [2.75, 3.05) is 0 Å². The molecule has 0 amide bonds. The second kappa shape index (κ2) is 8.76. The topological polar surface area (TPSA) is 0 Å². The van der Waals surface area contributed by atoms with E-state index in [4.69, 9.17) is 0 Å². The van der Waals surface area contributed by atoms with E-state index in [0.717, 1.165) is 5.92 Å². The van der Waals surface area contributed by atoms with E-state index in [-0.39, 0.29) is 0 Å². The third-order valence-corrected chi connectivity index (χ3v) is 2.88. The SMILES string of the molecule is C/C=C(\C)CC/C=C(\C)CCCC(C)C. The number of hydrogen-bond donors (Lipinski definition) is 0. The van der Waals surface area contributed by atoms with Gasteiger partial charge in [0.15, 0.2) is 0 Å². The molecule has 0 aromatic heterocycles. The van der Waals surface area contributed by atoms with E-state index in [1.807, 2.05) is 0 Å². The summed E-state index contributed by atoms with van der Waals surface area (Å²) in [6.45, 7) is 11.2. The summed E-state index contributed by atoms with van der Waals surface area (Å²) in [4.78, 5) is 0. The van der Waals surface area contributed by atoms with Gasteiger partial charge in [-0.3, -0.25) is 0 Å². The third kappa shape index (κ3) is 9.78. The van der Waals surface area contributed by atoms with E-state index in [2.05, 4.69) is 46.8 Å². The van der Waals surface area contributed by atoms with Crippen molar-refractivity contribution in [2.45, 2.75) is 66.7 Å². The van der Waals surface area contributed by atoms with Crippen LogP contribution < -0.4 is 0 Å². The highest BCUT2D eigenvalue weighted by atomic mass is 14.0. The molecule has 0 aliphatic rings. The molecule has 88 valence electrons. The molecule has 0 bridgehead atoms. The Kier molecular flexibility index (Phi) is 8.46. The van der Waals surface area contributed by atoms with Crippen LogP contribution >= 0.6 is 0 Å². The van der Waals surface area contributed by atoms with Crippen LogP contribution in [0, 0.1) is 5.92 Å². The zero-order chi connectivity index (χ0) is 11.7. The smallest absolute Gasteiger partial charge is 0.0288 e. The first kappa shape index (κ1) is 14.5. The molecule has 0 heterocycles. The first-order valence-electron chi connectivity index (χ1n) is 6.33. The number of rotatable bonds is 7. The van der Waals surface area contributed by atoms with Crippen LogP contribution in [0.4, 0.5) is 0 Å². The Labute approximate surface area is 96.5 Å². The summed E-state index contributed by atoms with van der Waals surface area (Å²) in [6.07, 6.45) is 11.0. The van der Waals surface area contributed by atoms with Crippen LogP contribution in [0.25, 0.3) is 0 Å². The van der Waals surface area contributed by atoms with Crippen LogP contribution in [0.1, 0.15) is 66.7 Å². The molecule has 0 fully saturated rings. The van der Waals surface area contributed by atoms with E-state index in [1.165, 1.54) is 37.7 Å². The molecule has 0 heteroatoms. The Hall–Kier alpha value is -0.520. The Morgan fingerprint density at radius 2 is 1.73 bits per heavy atom. The molecule has 0 aromatic rings. The van der Waals surface area contributed by atoms with Gasteiger partial charge in [0.2, 0.25) is 0 Å². The predicted molar refractivity (Wildman–Crippen MR) is 71.1 cm³/mol. The highest BCUT2D eigenvalue weighted by Gasteiger charge is 1.95. The molecule has 0 nitrogen and oxygen atoms in total. The quantitative estimate of drug-likeness (QED) is 0.484. The largest absolute Gasteiger partial charge is 0.0887 e. The maximum atomic E-state index is 2.41. The molecule has 0 spiro atoms.